The molecule has 0 aliphatic carbocycles. The predicted octanol–water partition coefficient (Wildman–Crippen LogP) is 11.2. The Morgan fingerprint density at radius 1 is 0.917 bits per heavy atom. The Morgan fingerprint density at radius 3 is 2.19 bits per heavy atom. The van der Waals surface area contributed by atoms with E-state index in [0.717, 1.165) is 42.0 Å². The van der Waals surface area contributed by atoms with Crippen LogP contribution in [0.25, 0.3) is 44.1 Å². The third-order valence-corrected chi connectivity index (χ3v) is 10.0. The number of fused-ring (bicyclic) bond motifs is 2. The maximum Gasteiger partial charge on any atom is 0.164 e. The third-order valence-electron chi connectivity index (χ3n) is 10.0. The Hall–Kier alpha value is -3.80. The fourth-order valence-corrected chi connectivity index (χ4v) is 5.67. The predicted molar refractivity (Wildman–Crippen MR) is 192 cm³/mol. The second-order valence-electron chi connectivity index (χ2n) is 13.9. The molecule has 2 aromatic heterocycles. The first kappa shape index (κ1) is 38.6. The average Bonchev–Trinajstić information content (AvgIpc) is 3.55. The van der Waals surface area contributed by atoms with E-state index in [1.54, 1.807) is 18.5 Å². The van der Waals surface area contributed by atoms with Crippen molar-refractivity contribution in [2.75, 3.05) is 0 Å². The summed E-state index contributed by atoms with van der Waals surface area (Å²) < 4.78 is 5.70. The van der Waals surface area contributed by atoms with Crippen LogP contribution in [0.4, 0.5) is 0 Å². The minimum Gasteiger partial charge on any atom is -0.512 e. The number of carbonyl (C=O) groups is 1. The minimum absolute atomic E-state index is 0. The first-order chi connectivity index (χ1) is 22.2. The second-order valence-corrected chi connectivity index (χ2v) is 13.9. The van der Waals surface area contributed by atoms with Crippen molar-refractivity contribution in [1.29, 1.82) is 0 Å². The van der Waals surface area contributed by atoms with E-state index in [0.29, 0.717) is 22.4 Å². The largest absolute Gasteiger partial charge is 0.512 e. The van der Waals surface area contributed by atoms with Gasteiger partial charge in [0.15, 0.2) is 5.78 Å². The summed E-state index contributed by atoms with van der Waals surface area (Å²) in [4.78, 5) is 21.0. The molecule has 0 spiro atoms. The van der Waals surface area contributed by atoms with Crippen LogP contribution < -0.4 is 0 Å². The summed E-state index contributed by atoms with van der Waals surface area (Å²) in [6, 6.07) is 19.3. The summed E-state index contributed by atoms with van der Waals surface area (Å²) in [6.07, 6.45) is 9.62. The van der Waals surface area contributed by atoms with Gasteiger partial charge in [-0.2, -0.15) is 0 Å². The number of hydrogen-bond acceptors (Lipinski definition) is 6. The summed E-state index contributed by atoms with van der Waals surface area (Å²) >= 11 is 0. The molecular formula is C41H49IrN2O4-. The summed E-state index contributed by atoms with van der Waals surface area (Å²) in [6.45, 7) is 18.7. The number of furan rings is 1. The summed E-state index contributed by atoms with van der Waals surface area (Å²) in [5, 5.41) is 23.9. The molecule has 5 aromatic rings. The molecule has 48 heavy (non-hydrogen) atoms. The number of phenols is 1. The molecule has 3 aromatic carbocycles. The fourth-order valence-electron chi connectivity index (χ4n) is 5.67. The van der Waals surface area contributed by atoms with Gasteiger partial charge in [-0.3, -0.25) is 9.78 Å². The van der Waals surface area contributed by atoms with Crippen LogP contribution >= 0.6 is 0 Å². The van der Waals surface area contributed by atoms with E-state index < -0.39 is 0 Å². The van der Waals surface area contributed by atoms with Gasteiger partial charge in [-0.05, 0) is 54.9 Å². The van der Waals surface area contributed by atoms with Crippen molar-refractivity contribution < 1.29 is 39.5 Å². The quantitative estimate of drug-likeness (QED) is 0.0873. The zero-order chi connectivity index (χ0) is 34.6. The van der Waals surface area contributed by atoms with Crippen LogP contribution in [-0.2, 0) is 30.3 Å². The number of rotatable bonds is 9. The number of aromatic nitrogens is 2. The standard InChI is InChI=1S/C26H21N2O2.C15H28O2.Ir/c1-26(2,3)21-13-18(12-17-6-4-5-7-19(17)21)24-20(14-27-15-28-24)23-22(29)9-8-16-10-11-30-25(16)23;1-7-14(5,8-2)12(16)11-13(17)15(6,9-3)10-4;/h4-11,13-15,29H,1-3H3;11,16H,7-10H2,1-6H3;/q-1;;/b;12-11-;. The van der Waals surface area contributed by atoms with Crippen LogP contribution in [0.5, 0.6) is 5.75 Å². The normalized spacial score (nSPS) is 12.4. The summed E-state index contributed by atoms with van der Waals surface area (Å²) in [5.41, 5.74) is 4.04. The summed E-state index contributed by atoms with van der Waals surface area (Å²) in [7, 11) is 0. The number of allylic oxidation sites excluding steroid dienone is 2. The van der Waals surface area contributed by atoms with Crippen LogP contribution in [-0.4, -0.2) is 26.0 Å². The van der Waals surface area contributed by atoms with E-state index >= 15 is 0 Å². The van der Waals surface area contributed by atoms with E-state index in [2.05, 4.69) is 61.1 Å². The molecule has 1 radical (unpaired) electrons. The monoisotopic (exact) mass is 826 g/mol. The molecule has 5 rings (SSSR count). The molecule has 6 nitrogen and oxygen atoms in total. The molecule has 7 heteroatoms. The van der Waals surface area contributed by atoms with Crippen LogP contribution in [0.2, 0.25) is 0 Å². The molecular weight excluding hydrogens is 777 g/mol. The molecule has 0 bridgehead atoms. The Bertz CT molecular complexity index is 1890. The fraction of sp³-hybridized carbons (Fsp3) is 0.390. The number of aliphatic hydroxyl groups is 1. The smallest absolute Gasteiger partial charge is 0.164 e. The maximum atomic E-state index is 12.2. The van der Waals surface area contributed by atoms with Crippen LogP contribution in [0.15, 0.2) is 83.6 Å². The van der Waals surface area contributed by atoms with Gasteiger partial charge < -0.3 is 14.6 Å². The van der Waals surface area contributed by atoms with Crippen LogP contribution in [0, 0.1) is 16.9 Å². The van der Waals surface area contributed by atoms with E-state index in [4.69, 9.17) is 4.42 Å². The second kappa shape index (κ2) is 15.6. The minimum atomic E-state index is -0.337. The molecule has 2 N–H and O–H groups in total. The van der Waals surface area contributed by atoms with E-state index in [9.17, 15) is 15.0 Å². The average molecular weight is 826 g/mol. The number of nitrogens with zero attached hydrogens (tertiary/aromatic N) is 2. The van der Waals surface area contributed by atoms with Crippen molar-refractivity contribution in [3.05, 3.63) is 90.8 Å². The molecule has 0 fully saturated rings. The zero-order valence-electron chi connectivity index (χ0n) is 29.7. The van der Waals surface area contributed by atoms with Gasteiger partial charge in [0.2, 0.25) is 0 Å². The molecule has 0 saturated heterocycles. The van der Waals surface area contributed by atoms with Gasteiger partial charge >= 0.3 is 0 Å². The molecule has 2 heterocycles. The number of phenolic OH excluding ortho intramolecular Hbond substituents is 1. The molecule has 0 amide bonds. The number of carbonyl (C=O) groups excluding carboxylic acids is 1. The van der Waals surface area contributed by atoms with Crippen molar-refractivity contribution in [2.24, 2.45) is 10.8 Å². The number of aliphatic hydroxyl groups excluding tert-OH is 1. The van der Waals surface area contributed by atoms with Crippen molar-refractivity contribution >= 4 is 27.5 Å². The van der Waals surface area contributed by atoms with Crippen molar-refractivity contribution in [2.45, 2.75) is 93.4 Å². The Labute approximate surface area is 299 Å². The molecule has 257 valence electrons. The first-order valence-electron chi connectivity index (χ1n) is 16.6. The SMILES string of the molecule is CC(C)(C)c1cc(-c2ncncc2-c2c(O)ccc3ccoc23)[c-]c2ccccc12.CCC(C)(CC)C(=O)/C=C(\O)C(C)(CC)CC.[Ir]. The van der Waals surface area contributed by atoms with Gasteiger partial charge in [0.1, 0.15) is 23.4 Å². The number of benzene rings is 3. The van der Waals surface area contributed by atoms with Crippen LogP contribution in [0.1, 0.15) is 93.6 Å². The van der Waals surface area contributed by atoms with Crippen molar-refractivity contribution in [1.82, 2.24) is 9.97 Å². The Kier molecular flexibility index (Phi) is 12.6. The first-order valence-corrected chi connectivity index (χ1v) is 16.6. The van der Waals surface area contributed by atoms with Gasteiger partial charge in [0.05, 0.1) is 11.8 Å². The van der Waals surface area contributed by atoms with Gasteiger partial charge in [-0.25, -0.2) is 4.98 Å². The van der Waals surface area contributed by atoms with Gasteiger partial charge in [-0.1, -0.05) is 91.5 Å². The molecule has 0 saturated carbocycles. The molecule has 0 aliphatic rings. The number of aromatic hydroxyl groups is 1. The van der Waals surface area contributed by atoms with Crippen molar-refractivity contribution in [3.63, 3.8) is 0 Å². The van der Waals surface area contributed by atoms with Gasteiger partial charge in [-0.15, -0.1) is 29.1 Å². The van der Waals surface area contributed by atoms with E-state index in [1.165, 1.54) is 23.4 Å². The Balaban J connectivity index is 0.000000301. The maximum absolute atomic E-state index is 12.2. The van der Waals surface area contributed by atoms with E-state index in [-0.39, 0.29) is 53.6 Å². The molecule has 0 aliphatic heterocycles. The number of ketones is 1. The van der Waals surface area contributed by atoms with Gasteiger partial charge in [0.25, 0.3) is 0 Å². The van der Waals surface area contributed by atoms with Crippen LogP contribution in [0.3, 0.4) is 0 Å². The molecule has 0 unspecified atom stereocenters. The number of hydrogen-bond donors (Lipinski definition) is 2. The molecule has 0 atom stereocenters. The zero-order valence-corrected chi connectivity index (χ0v) is 32.1. The third kappa shape index (κ3) is 7.90. The summed E-state index contributed by atoms with van der Waals surface area (Å²) in [5.74, 6) is 0.416. The van der Waals surface area contributed by atoms with Crippen molar-refractivity contribution in [3.8, 4) is 28.1 Å². The van der Waals surface area contributed by atoms with E-state index in [1.807, 2.05) is 59.7 Å². The topological polar surface area (TPSA) is 96.5 Å². The van der Waals surface area contributed by atoms with Gasteiger partial charge in [0, 0.05) is 54.3 Å². The Morgan fingerprint density at radius 2 is 1.56 bits per heavy atom.